The highest BCUT2D eigenvalue weighted by Crippen LogP contribution is 2.21. The lowest BCUT2D eigenvalue weighted by molar-refractivity contribution is 0.0845. The number of piperazine rings is 1. The fourth-order valence-corrected chi connectivity index (χ4v) is 3.15. The van der Waals surface area contributed by atoms with E-state index in [4.69, 9.17) is 16.1 Å². The van der Waals surface area contributed by atoms with E-state index in [1.165, 1.54) is 5.56 Å². The molecule has 1 atom stereocenters. The average molecular weight is 335 g/mol. The molecule has 3 rings (SSSR count). The van der Waals surface area contributed by atoms with Crippen LogP contribution in [0.2, 0.25) is 5.02 Å². The van der Waals surface area contributed by atoms with Gasteiger partial charge in [-0.25, -0.2) is 0 Å². The van der Waals surface area contributed by atoms with Gasteiger partial charge < -0.3 is 4.52 Å². The fourth-order valence-electron chi connectivity index (χ4n) is 2.94. The molecule has 5 nitrogen and oxygen atoms in total. The van der Waals surface area contributed by atoms with Crippen molar-refractivity contribution >= 4 is 11.6 Å². The summed E-state index contributed by atoms with van der Waals surface area (Å²) in [6.45, 7) is 9.20. The monoisotopic (exact) mass is 334 g/mol. The van der Waals surface area contributed by atoms with Gasteiger partial charge in [-0.15, -0.1) is 0 Å². The molecule has 0 radical (unpaired) electrons. The van der Waals surface area contributed by atoms with Gasteiger partial charge in [-0.1, -0.05) is 35.8 Å². The highest BCUT2D eigenvalue weighted by atomic mass is 35.5. The van der Waals surface area contributed by atoms with Crippen molar-refractivity contribution in [3.05, 3.63) is 46.6 Å². The van der Waals surface area contributed by atoms with E-state index in [2.05, 4.69) is 32.9 Å². The molecular formula is C17H23ClN4O. The number of hydrogen-bond donors (Lipinski definition) is 0. The first kappa shape index (κ1) is 16.4. The van der Waals surface area contributed by atoms with E-state index >= 15 is 0 Å². The van der Waals surface area contributed by atoms with Gasteiger partial charge in [0.1, 0.15) is 0 Å². The van der Waals surface area contributed by atoms with Gasteiger partial charge in [-0.2, -0.15) is 4.98 Å². The summed E-state index contributed by atoms with van der Waals surface area (Å²) in [5, 5.41) is 4.80. The summed E-state index contributed by atoms with van der Waals surface area (Å²) in [5.74, 6) is 1.51. The van der Waals surface area contributed by atoms with Crippen LogP contribution in [-0.2, 0) is 13.0 Å². The molecule has 1 aromatic heterocycles. The number of nitrogens with zero attached hydrogens (tertiary/aromatic N) is 4. The van der Waals surface area contributed by atoms with Crippen LogP contribution in [0.4, 0.5) is 0 Å². The molecule has 1 aromatic carbocycles. The van der Waals surface area contributed by atoms with E-state index in [1.54, 1.807) is 0 Å². The topological polar surface area (TPSA) is 45.4 Å². The fraction of sp³-hybridized carbons (Fsp3) is 0.529. The second-order valence-corrected chi connectivity index (χ2v) is 6.46. The van der Waals surface area contributed by atoms with E-state index in [1.807, 2.05) is 25.1 Å². The summed E-state index contributed by atoms with van der Waals surface area (Å²) in [4.78, 5) is 9.32. The Morgan fingerprint density at radius 1 is 1.26 bits per heavy atom. The SMILES string of the molecule is CCc1noc(C(C)N2CCN(Cc3cccc(Cl)c3)CC2)n1. The molecule has 0 N–H and O–H groups in total. The average Bonchev–Trinajstić information content (AvgIpc) is 3.04. The molecule has 0 amide bonds. The van der Waals surface area contributed by atoms with Crippen LogP contribution in [0.25, 0.3) is 0 Å². The predicted molar refractivity (Wildman–Crippen MR) is 90.4 cm³/mol. The van der Waals surface area contributed by atoms with Gasteiger partial charge in [0.2, 0.25) is 5.89 Å². The number of aromatic nitrogens is 2. The van der Waals surface area contributed by atoms with Crippen LogP contribution in [0, 0.1) is 0 Å². The Morgan fingerprint density at radius 2 is 2.04 bits per heavy atom. The third-order valence-corrected chi connectivity index (χ3v) is 4.64. The Labute approximate surface area is 142 Å². The number of hydrogen-bond acceptors (Lipinski definition) is 5. The van der Waals surface area contributed by atoms with Crippen molar-refractivity contribution in [3.8, 4) is 0 Å². The number of rotatable bonds is 5. The third kappa shape index (κ3) is 4.10. The van der Waals surface area contributed by atoms with E-state index in [9.17, 15) is 0 Å². The molecule has 1 saturated heterocycles. The Kier molecular flexibility index (Phi) is 5.30. The maximum atomic E-state index is 6.06. The van der Waals surface area contributed by atoms with E-state index in [0.717, 1.165) is 55.9 Å². The lowest BCUT2D eigenvalue weighted by Gasteiger charge is -2.36. The van der Waals surface area contributed by atoms with Crippen LogP contribution >= 0.6 is 11.6 Å². The minimum atomic E-state index is 0.177. The molecule has 1 aliphatic rings. The second kappa shape index (κ2) is 7.43. The summed E-state index contributed by atoms with van der Waals surface area (Å²) in [6, 6.07) is 8.28. The Hall–Kier alpha value is -1.43. The molecule has 124 valence electrons. The molecule has 0 saturated carbocycles. The molecule has 0 bridgehead atoms. The van der Waals surface area contributed by atoms with Crippen molar-refractivity contribution < 1.29 is 4.52 Å². The maximum Gasteiger partial charge on any atom is 0.243 e. The number of aryl methyl sites for hydroxylation is 1. The summed E-state index contributed by atoms with van der Waals surface area (Å²) in [6.07, 6.45) is 0.809. The minimum Gasteiger partial charge on any atom is -0.338 e. The van der Waals surface area contributed by atoms with Gasteiger partial charge in [0.25, 0.3) is 0 Å². The van der Waals surface area contributed by atoms with Gasteiger partial charge in [0.05, 0.1) is 6.04 Å². The van der Waals surface area contributed by atoms with E-state index in [-0.39, 0.29) is 6.04 Å². The van der Waals surface area contributed by atoms with Gasteiger partial charge in [0, 0.05) is 44.2 Å². The van der Waals surface area contributed by atoms with Crippen molar-refractivity contribution in [2.75, 3.05) is 26.2 Å². The molecule has 1 unspecified atom stereocenters. The zero-order valence-electron chi connectivity index (χ0n) is 13.7. The third-order valence-electron chi connectivity index (χ3n) is 4.41. The van der Waals surface area contributed by atoms with Crippen LogP contribution < -0.4 is 0 Å². The van der Waals surface area contributed by atoms with Crippen LogP contribution in [0.15, 0.2) is 28.8 Å². The van der Waals surface area contributed by atoms with Crippen molar-refractivity contribution in [1.29, 1.82) is 0 Å². The summed E-state index contributed by atoms with van der Waals surface area (Å²) in [5.41, 5.74) is 1.27. The zero-order valence-corrected chi connectivity index (χ0v) is 14.5. The normalized spacial score (nSPS) is 18.2. The maximum absolute atomic E-state index is 6.06. The van der Waals surface area contributed by atoms with Crippen LogP contribution in [0.5, 0.6) is 0 Å². The van der Waals surface area contributed by atoms with Crippen molar-refractivity contribution in [1.82, 2.24) is 19.9 Å². The molecule has 0 aliphatic carbocycles. The molecule has 1 fully saturated rings. The minimum absolute atomic E-state index is 0.177. The van der Waals surface area contributed by atoms with Gasteiger partial charge in [0.15, 0.2) is 5.82 Å². The quantitative estimate of drug-likeness (QED) is 0.840. The smallest absolute Gasteiger partial charge is 0.243 e. The first-order chi connectivity index (χ1) is 11.2. The summed E-state index contributed by atoms with van der Waals surface area (Å²) >= 11 is 6.06. The number of halogens is 1. The van der Waals surface area contributed by atoms with E-state index in [0.29, 0.717) is 0 Å². The van der Waals surface area contributed by atoms with Crippen molar-refractivity contribution in [2.45, 2.75) is 32.9 Å². The molecule has 1 aliphatic heterocycles. The zero-order chi connectivity index (χ0) is 16.2. The Bertz CT molecular complexity index is 637. The second-order valence-electron chi connectivity index (χ2n) is 6.02. The highest BCUT2D eigenvalue weighted by molar-refractivity contribution is 6.30. The molecule has 2 aromatic rings. The molecule has 0 spiro atoms. The van der Waals surface area contributed by atoms with Gasteiger partial charge >= 0.3 is 0 Å². The van der Waals surface area contributed by atoms with Gasteiger partial charge in [-0.05, 0) is 24.6 Å². The summed E-state index contributed by atoms with van der Waals surface area (Å²) < 4.78 is 5.38. The molecule has 2 heterocycles. The predicted octanol–water partition coefficient (Wildman–Crippen LogP) is 3.16. The lowest BCUT2D eigenvalue weighted by atomic mass is 10.2. The largest absolute Gasteiger partial charge is 0.338 e. The van der Waals surface area contributed by atoms with E-state index < -0.39 is 0 Å². The first-order valence-electron chi connectivity index (χ1n) is 8.19. The van der Waals surface area contributed by atoms with Crippen molar-refractivity contribution in [2.24, 2.45) is 0 Å². The Morgan fingerprint density at radius 3 is 2.70 bits per heavy atom. The van der Waals surface area contributed by atoms with Crippen LogP contribution in [-0.4, -0.2) is 46.1 Å². The molecule has 23 heavy (non-hydrogen) atoms. The standard InChI is InChI=1S/C17H23ClN4O/c1-3-16-19-17(23-20-16)13(2)22-9-7-21(8-10-22)12-14-5-4-6-15(18)11-14/h4-6,11,13H,3,7-10,12H2,1-2H3. The van der Waals surface area contributed by atoms with Gasteiger partial charge in [-0.3, -0.25) is 9.80 Å². The van der Waals surface area contributed by atoms with Crippen LogP contribution in [0.3, 0.4) is 0 Å². The summed E-state index contributed by atoms with van der Waals surface area (Å²) in [7, 11) is 0. The first-order valence-corrected chi connectivity index (χ1v) is 8.57. The Balaban J connectivity index is 1.53. The molecule has 6 heteroatoms. The highest BCUT2D eigenvalue weighted by Gasteiger charge is 2.25. The molecular weight excluding hydrogens is 312 g/mol. The lowest BCUT2D eigenvalue weighted by Crippen LogP contribution is -2.46. The number of benzene rings is 1. The van der Waals surface area contributed by atoms with Crippen LogP contribution in [0.1, 0.15) is 37.2 Å². The van der Waals surface area contributed by atoms with Crippen molar-refractivity contribution in [3.63, 3.8) is 0 Å².